The Balaban J connectivity index is 1.67. The van der Waals surface area contributed by atoms with Gasteiger partial charge in [0.1, 0.15) is 13.2 Å². The van der Waals surface area contributed by atoms with Crippen LogP contribution in [-0.2, 0) is 11.0 Å². The van der Waals surface area contributed by atoms with Crippen molar-refractivity contribution in [3.8, 4) is 11.5 Å². The minimum Gasteiger partial charge on any atom is -0.486 e. The maximum atomic E-state index is 13.0. The molecule has 2 aromatic rings. The van der Waals surface area contributed by atoms with E-state index in [9.17, 15) is 18.0 Å². The van der Waals surface area contributed by atoms with Crippen molar-refractivity contribution in [2.24, 2.45) is 0 Å². The fraction of sp³-hybridized carbons (Fsp3) is 0.235. The number of para-hydroxylation sites is 1. The summed E-state index contributed by atoms with van der Waals surface area (Å²) < 4.78 is 49.7. The zero-order valence-corrected chi connectivity index (χ0v) is 14.1. The normalized spacial score (nSPS) is 13.2. The molecule has 3 rings (SSSR count). The zero-order valence-electron chi connectivity index (χ0n) is 13.3. The number of carbonyl (C=O) groups is 1. The number of nitrogens with one attached hydrogen (secondary N) is 2. The van der Waals surface area contributed by atoms with E-state index < -0.39 is 17.6 Å². The SMILES string of the molecule is O=C(CNc1cc2c(cc1Cl)OCCO2)Nc1ccccc1C(F)(F)F. The number of rotatable bonds is 4. The smallest absolute Gasteiger partial charge is 0.418 e. The Bertz CT molecular complexity index is 827. The van der Waals surface area contributed by atoms with E-state index in [1.807, 2.05) is 0 Å². The molecule has 0 saturated heterocycles. The van der Waals surface area contributed by atoms with Crippen molar-refractivity contribution < 1.29 is 27.4 Å². The fourth-order valence-electron chi connectivity index (χ4n) is 2.41. The van der Waals surface area contributed by atoms with Crippen LogP contribution in [-0.4, -0.2) is 25.7 Å². The third kappa shape index (κ3) is 4.13. The number of halogens is 4. The summed E-state index contributed by atoms with van der Waals surface area (Å²) in [6, 6.07) is 7.89. The fourth-order valence-corrected chi connectivity index (χ4v) is 2.63. The molecule has 1 aliphatic rings. The van der Waals surface area contributed by atoms with E-state index in [4.69, 9.17) is 21.1 Å². The van der Waals surface area contributed by atoms with Gasteiger partial charge >= 0.3 is 6.18 Å². The molecular formula is C17H14ClF3N2O3. The summed E-state index contributed by atoms with van der Waals surface area (Å²) in [7, 11) is 0. The van der Waals surface area contributed by atoms with Gasteiger partial charge in [-0.3, -0.25) is 4.79 Å². The van der Waals surface area contributed by atoms with Crippen molar-refractivity contribution in [1.29, 1.82) is 0 Å². The number of carbonyl (C=O) groups excluding carboxylic acids is 1. The second-order valence-corrected chi connectivity index (χ2v) is 5.83. The summed E-state index contributed by atoms with van der Waals surface area (Å²) >= 11 is 6.11. The lowest BCUT2D eigenvalue weighted by molar-refractivity contribution is -0.137. The third-order valence-electron chi connectivity index (χ3n) is 3.58. The number of amides is 1. The van der Waals surface area contributed by atoms with Gasteiger partial charge in [-0.1, -0.05) is 23.7 Å². The van der Waals surface area contributed by atoms with Crippen LogP contribution in [0.1, 0.15) is 5.56 Å². The lowest BCUT2D eigenvalue weighted by Gasteiger charge is -2.20. The Kier molecular flexibility index (Phi) is 5.13. The second kappa shape index (κ2) is 7.33. The van der Waals surface area contributed by atoms with E-state index in [1.165, 1.54) is 18.2 Å². The summed E-state index contributed by atoms with van der Waals surface area (Å²) in [6.07, 6.45) is -4.56. The minimum atomic E-state index is -4.56. The summed E-state index contributed by atoms with van der Waals surface area (Å²) in [6.45, 7) is 0.533. The predicted molar refractivity (Wildman–Crippen MR) is 91.0 cm³/mol. The van der Waals surface area contributed by atoms with Gasteiger partial charge in [-0.15, -0.1) is 0 Å². The Morgan fingerprint density at radius 1 is 1.08 bits per heavy atom. The Hall–Kier alpha value is -2.61. The van der Waals surface area contributed by atoms with Crippen molar-refractivity contribution in [3.63, 3.8) is 0 Å². The molecule has 0 aromatic heterocycles. The number of hydrogen-bond donors (Lipinski definition) is 2. The molecule has 5 nitrogen and oxygen atoms in total. The number of anilines is 2. The lowest BCUT2D eigenvalue weighted by atomic mass is 10.1. The van der Waals surface area contributed by atoms with Crippen LogP contribution in [0.2, 0.25) is 5.02 Å². The Morgan fingerprint density at radius 3 is 2.42 bits per heavy atom. The van der Waals surface area contributed by atoms with Gasteiger partial charge in [0.05, 0.1) is 28.5 Å². The van der Waals surface area contributed by atoms with Crippen molar-refractivity contribution in [2.45, 2.75) is 6.18 Å². The van der Waals surface area contributed by atoms with Crippen LogP contribution < -0.4 is 20.1 Å². The summed E-state index contributed by atoms with van der Waals surface area (Å²) in [5.41, 5.74) is -0.805. The van der Waals surface area contributed by atoms with Crippen LogP contribution in [0.25, 0.3) is 0 Å². The van der Waals surface area contributed by atoms with Crippen LogP contribution in [0.15, 0.2) is 36.4 Å². The molecule has 0 unspecified atom stereocenters. The molecule has 0 fully saturated rings. The molecule has 2 N–H and O–H groups in total. The average Bonchev–Trinajstić information content (AvgIpc) is 2.59. The molecule has 0 spiro atoms. The van der Waals surface area contributed by atoms with E-state index >= 15 is 0 Å². The van der Waals surface area contributed by atoms with Gasteiger partial charge in [0.2, 0.25) is 5.91 Å². The summed E-state index contributed by atoms with van der Waals surface area (Å²) in [4.78, 5) is 12.0. The largest absolute Gasteiger partial charge is 0.486 e. The monoisotopic (exact) mass is 386 g/mol. The van der Waals surface area contributed by atoms with E-state index in [1.54, 1.807) is 12.1 Å². The molecule has 138 valence electrons. The van der Waals surface area contributed by atoms with Gasteiger partial charge in [0, 0.05) is 12.1 Å². The van der Waals surface area contributed by atoms with Crippen LogP contribution in [0.3, 0.4) is 0 Å². The molecule has 26 heavy (non-hydrogen) atoms. The number of alkyl halides is 3. The maximum absolute atomic E-state index is 13.0. The topological polar surface area (TPSA) is 59.6 Å². The number of hydrogen-bond acceptors (Lipinski definition) is 4. The first-order chi connectivity index (χ1) is 12.3. The van der Waals surface area contributed by atoms with Crippen LogP contribution >= 0.6 is 11.6 Å². The maximum Gasteiger partial charge on any atom is 0.418 e. The highest BCUT2D eigenvalue weighted by Crippen LogP contribution is 2.38. The zero-order chi connectivity index (χ0) is 18.7. The second-order valence-electron chi connectivity index (χ2n) is 5.42. The van der Waals surface area contributed by atoms with Gasteiger partial charge in [-0.2, -0.15) is 13.2 Å². The first kappa shape index (κ1) is 18.2. The van der Waals surface area contributed by atoms with Gasteiger partial charge in [-0.25, -0.2) is 0 Å². The highest BCUT2D eigenvalue weighted by atomic mass is 35.5. The molecule has 1 heterocycles. The van der Waals surface area contributed by atoms with Gasteiger partial charge in [-0.05, 0) is 12.1 Å². The van der Waals surface area contributed by atoms with Gasteiger partial charge in [0.25, 0.3) is 0 Å². The average molecular weight is 387 g/mol. The molecule has 0 saturated carbocycles. The van der Waals surface area contributed by atoms with Crippen LogP contribution in [0, 0.1) is 0 Å². The highest BCUT2D eigenvalue weighted by Gasteiger charge is 2.33. The van der Waals surface area contributed by atoms with E-state index in [2.05, 4.69) is 10.6 Å². The molecule has 0 radical (unpaired) electrons. The molecule has 1 aliphatic heterocycles. The molecule has 0 atom stereocenters. The molecular weight excluding hydrogens is 373 g/mol. The van der Waals surface area contributed by atoms with Crippen molar-refractivity contribution >= 4 is 28.9 Å². The number of fused-ring (bicyclic) bond motifs is 1. The standard InChI is InChI=1S/C17H14ClF3N2O3/c18-11-7-14-15(26-6-5-25-14)8-13(11)22-9-16(24)23-12-4-2-1-3-10(12)17(19,20)21/h1-4,7-8,22H,5-6,9H2,(H,23,24). The van der Waals surface area contributed by atoms with Crippen LogP contribution in [0.4, 0.5) is 24.5 Å². The number of ether oxygens (including phenoxy) is 2. The summed E-state index contributed by atoms with van der Waals surface area (Å²) in [5.74, 6) is 0.328. The molecule has 1 amide bonds. The van der Waals surface area contributed by atoms with E-state index in [-0.39, 0.29) is 12.2 Å². The summed E-state index contributed by atoms with van der Waals surface area (Å²) in [5, 5.41) is 5.33. The first-order valence-electron chi connectivity index (χ1n) is 7.63. The van der Waals surface area contributed by atoms with E-state index in [0.717, 1.165) is 6.07 Å². The van der Waals surface area contributed by atoms with Crippen molar-refractivity contribution in [2.75, 3.05) is 30.4 Å². The minimum absolute atomic E-state index is 0.272. The third-order valence-corrected chi connectivity index (χ3v) is 3.89. The molecule has 0 aliphatic carbocycles. The molecule has 0 bridgehead atoms. The Morgan fingerprint density at radius 2 is 1.73 bits per heavy atom. The van der Waals surface area contributed by atoms with Crippen molar-refractivity contribution in [3.05, 3.63) is 47.0 Å². The molecule has 2 aromatic carbocycles. The highest BCUT2D eigenvalue weighted by molar-refractivity contribution is 6.33. The molecule has 9 heteroatoms. The van der Waals surface area contributed by atoms with Crippen LogP contribution in [0.5, 0.6) is 11.5 Å². The number of benzene rings is 2. The van der Waals surface area contributed by atoms with Gasteiger partial charge < -0.3 is 20.1 Å². The Labute approximate surface area is 152 Å². The lowest BCUT2D eigenvalue weighted by Crippen LogP contribution is -2.24. The quantitative estimate of drug-likeness (QED) is 0.827. The van der Waals surface area contributed by atoms with Gasteiger partial charge in [0.15, 0.2) is 11.5 Å². The van der Waals surface area contributed by atoms with E-state index in [0.29, 0.717) is 35.4 Å². The predicted octanol–water partition coefficient (Wildman–Crippen LogP) is 4.18. The first-order valence-corrected chi connectivity index (χ1v) is 8.01. The van der Waals surface area contributed by atoms with Crippen molar-refractivity contribution in [1.82, 2.24) is 0 Å².